The Balaban J connectivity index is 1.43. The van der Waals surface area contributed by atoms with Crippen LogP contribution in [0.1, 0.15) is 5.56 Å². The van der Waals surface area contributed by atoms with Gasteiger partial charge in [0.1, 0.15) is 0 Å². The highest BCUT2D eigenvalue weighted by Crippen LogP contribution is 2.24. The van der Waals surface area contributed by atoms with Gasteiger partial charge in [-0.25, -0.2) is 4.98 Å². The summed E-state index contributed by atoms with van der Waals surface area (Å²) in [4.78, 5) is 4.55. The van der Waals surface area contributed by atoms with Crippen LogP contribution >= 0.6 is 11.3 Å². The van der Waals surface area contributed by atoms with Gasteiger partial charge in [0.05, 0.1) is 10.2 Å². The molecular weight excluding hydrogens is 266 g/mol. The van der Waals surface area contributed by atoms with Crippen molar-refractivity contribution < 1.29 is 0 Å². The average Bonchev–Trinajstić information content (AvgIpc) is 2.90. The first-order chi connectivity index (χ1) is 9.92. The van der Waals surface area contributed by atoms with Crippen LogP contribution in [0.3, 0.4) is 0 Å². The van der Waals surface area contributed by atoms with Crippen LogP contribution < -0.4 is 10.6 Å². The number of fused-ring (bicyclic) bond motifs is 1. The van der Waals surface area contributed by atoms with Crippen LogP contribution in [0, 0.1) is 0 Å². The molecule has 102 valence electrons. The number of aromatic nitrogens is 1. The van der Waals surface area contributed by atoms with Gasteiger partial charge in [-0.2, -0.15) is 0 Å². The molecule has 20 heavy (non-hydrogen) atoms. The minimum absolute atomic E-state index is 0.882. The number of nitrogens with zero attached hydrogens (tertiary/aromatic N) is 1. The molecule has 0 aliphatic rings. The van der Waals surface area contributed by atoms with Gasteiger partial charge in [-0.3, -0.25) is 0 Å². The standard InChI is InChI=1S/C16H17N3S/c1-2-6-13(7-3-1)12-17-10-11-18-16-19-14-8-4-5-9-15(14)20-16/h1-9,17H,10-12H2,(H,18,19). The van der Waals surface area contributed by atoms with Crippen LogP contribution in [0.4, 0.5) is 5.13 Å². The second-order valence-corrected chi connectivity index (χ2v) is 5.61. The minimum atomic E-state index is 0.882. The Morgan fingerprint density at radius 2 is 1.70 bits per heavy atom. The molecule has 2 N–H and O–H groups in total. The van der Waals surface area contributed by atoms with E-state index in [1.807, 2.05) is 24.3 Å². The maximum Gasteiger partial charge on any atom is 0.183 e. The van der Waals surface area contributed by atoms with Crippen molar-refractivity contribution >= 4 is 26.7 Å². The van der Waals surface area contributed by atoms with Gasteiger partial charge in [0.2, 0.25) is 0 Å². The number of thiazole rings is 1. The van der Waals surface area contributed by atoms with E-state index in [9.17, 15) is 0 Å². The van der Waals surface area contributed by atoms with E-state index in [0.29, 0.717) is 0 Å². The van der Waals surface area contributed by atoms with E-state index < -0.39 is 0 Å². The highest BCUT2D eigenvalue weighted by molar-refractivity contribution is 7.22. The van der Waals surface area contributed by atoms with Crippen LogP contribution in [0.15, 0.2) is 54.6 Å². The Bertz CT molecular complexity index is 631. The zero-order valence-corrected chi connectivity index (χ0v) is 12.0. The number of nitrogens with one attached hydrogen (secondary N) is 2. The highest BCUT2D eigenvalue weighted by Gasteiger charge is 2.01. The van der Waals surface area contributed by atoms with Gasteiger partial charge in [0.15, 0.2) is 5.13 Å². The van der Waals surface area contributed by atoms with Crippen molar-refractivity contribution in [3.8, 4) is 0 Å². The van der Waals surface area contributed by atoms with E-state index in [1.165, 1.54) is 10.3 Å². The Morgan fingerprint density at radius 1 is 0.900 bits per heavy atom. The molecule has 0 unspecified atom stereocenters. The van der Waals surface area contributed by atoms with E-state index >= 15 is 0 Å². The molecule has 0 aliphatic heterocycles. The molecule has 1 heterocycles. The summed E-state index contributed by atoms with van der Waals surface area (Å²) >= 11 is 1.70. The predicted molar refractivity (Wildman–Crippen MR) is 86.3 cm³/mol. The molecule has 0 spiro atoms. The summed E-state index contributed by atoms with van der Waals surface area (Å²) in [5.74, 6) is 0. The molecule has 0 saturated heterocycles. The Labute approximate surface area is 122 Å². The molecule has 0 atom stereocenters. The van der Waals surface area contributed by atoms with E-state index in [2.05, 4.69) is 45.9 Å². The molecule has 0 amide bonds. The van der Waals surface area contributed by atoms with Gasteiger partial charge < -0.3 is 10.6 Å². The maximum absolute atomic E-state index is 4.55. The van der Waals surface area contributed by atoms with Crippen LogP contribution in [0.2, 0.25) is 0 Å². The first kappa shape index (κ1) is 13.1. The van der Waals surface area contributed by atoms with Gasteiger partial charge in [0, 0.05) is 19.6 Å². The molecule has 1 aromatic heterocycles. The normalized spacial score (nSPS) is 10.8. The van der Waals surface area contributed by atoms with Crippen molar-refractivity contribution in [2.24, 2.45) is 0 Å². The first-order valence-electron chi connectivity index (χ1n) is 6.76. The lowest BCUT2D eigenvalue weighted by Gasteiger charge is -2.05. The fraction of sp³-hybridized carbons (Fsp3) is 0.188. The number of hydrogen-bond acceptors (Lipinski definition) is 4. The predicted octanol–water partition coefficient (Wildman–Crippen LogP) is 3.50. The smallest absolute Gasteiger partial charge is 0.183 e. The summed E-state index contributed by atoms with van der Waals surface area (Å²) in [7, 11) is 0. The van der Waals surface area contributed by atoms with Gasteiger partial charge in [0.25, 0.3) is 0 Å². The molecule has 0 fully saturated rings. The van der Waals surface area contributed by atoms with Crippen LogP contribution in [0.25, 0.3) is 10.2 Å². The van der Waals surface area contributed by atoms with Gasteiger partial charge in [-0.05, 0) is 17.7 Å². The third kappa shape index (κ3) is 3.35. The summed E-state index contributed by atoms with van der Waals surface area (Å²) < 4.78 is 1.23. The molecule has 0 bridgehead atoms. The number of para-hydroxylation sites is 1. The molecular formula is C16H17N3S. The monoisotopic (exact) mass is 283 g/mol. The molecule has 0 aliphatic carbocycles. The largest absolute Gasteiger partial charge is 0.360 e. The van der Waals surface area contributed by atoms with Crippen LogP contribution in [-0.2, 0) is 6.54 Å². The molecule has 4 heteroatoms. The second kappa shape index (κ2) is 6.50. The third-order valence-corrected chi connectivity index (χ3v) is 4.04. The summed E-state index contributed by atoms with van der Waals surface area (Å²) in [6.07, 6.45) is 0. The van der Waals surface area contributed by atoms with Gasteiger partial charge in [-0.15, -0.1) is 0 Å². The molecule has 0 radical (unpaired) electrons. The van der Waals surface area contributed by atoms with Crippen molar-refractivity contribution in [1.29, 1.82) is 0 Å². The van der Waals surface area contributed by atoms with Crippen molar-refractivity contribution in [2.45, 2.75) is 6.54 Å². The van der Waals surface area contributed by atoms with E-state index in [0.717, 1.165) is 30.3 Å². The number of hydrogen-bond donors (Lipinski definition) is 2. The zero-order chi connectivity index (χ0) is 13.6. The Kier molecular flexibility index (Phi) is 4.25. The fourth-order valence-corrected chi connectivity index (χ4v) is 2.93. The van der Waals surface area contributed by atoms with Crippen LogP contribution in [0.5, 0.6) is 0 Å². The minimum Gasteiger partial charge on any atom is -0.360 e. The summed E-state index contributed by atoms with van der Waals surface area (Å²) in [5.41, 5.74) is 2.38. The molecule has 3 aromatic rings. The van der Waals surface area contributed by atoms with Crippen LogP contribution in [-0.4, -0.2) is 18.1 Å². The van der Waals surface area contributed by atoms with E-state index in [-0.39, 0.29) is 0 Å². The van der Waals surface area contributed by atoms with Gasteiger partial charge >= 0.3 is 0 Å². The Hall–Kier alpha value is -1.91. The topological polar surface area (TPSA) is 37.0 Å². The van der Waals surface area contributed by atoms with Crippen molar-refractivity contribution in [2.75, 3.05) is 18.4 Å². The molecule has 0 saturated carbocycles. The number of benzene rings is 2. The average molecular weight is 283 g/mol. The first-order valence-corrected chi connectivity index (χ1v) is 7.57. The Morgan fingerprint density at radius 3 is 2.55 bits per heavy atom. The lowest BCUT2D eigenvalue weighted by atomic mass is 10.2. The maximum atomic E-state index is 4.55. The molecule has 3 nitrogen and oxygen atoms in total. The van der Waals surface area contributed by atoms with Crippen molar-refractivity contribution in [3.63, 3.8) is 0 Å². The third-order valence-electron chi connectivity index (χ3n) is 3.04. The summed E-state index contributed by atoms with van der Waals surface area (Å²) in [6.45, 7) is 2.71. The second-order valence-electron chi connectivity index (χ2n) is 4.58. The van der Waals surface area contributed by atoms with Crippen molar-refractivity contribution in [3.05, 3.63) is 60.2 Å². The van der Waals surface area contributed by atoms with Gasteiger partial charge in [-0.1, -0.05) is 53.8 Å². The fourth-order valence-electron chi connectivity index (χ4n) is 2.03. The van der Waals surface area contributed by atoms with E-state index in [4.69, 9.17) is 0 Å². The van der Waals surface area contributed by atoms with Crippen molar-refractivity contribution in [1.82, 2.24) is 10.3 Å². The highest BCUT2D eigenvalue weighted by atomic mass is 32.1. The van der Waals surface area contributed by atoms with E-state index in [1.54, 1.807) is 11.3 Å². The SMILES string of the molecule is c1ccc(CNCCNc2nc3ccccc3s2)cc1. The molecule has 3 rings (SSSR count). The summed E-state index contributed by atoms with van der Waals surface area (Å²) in [5, 5.41) is 7.78. The number of rotatable bonds is 6. The molecule has 2 aromatic carbocycles. The summed E-state index contributed by atoms with van der Waals surface area (Å²) in [6, 6.07) is 18.7. The lowest BCUT2D eigenvalue weighted by Crippen LogP contribution is -2.21. The zero-order valence-electron chi connectivity index (χ0n) is 11.2. The quantitative estimate of drug-likeness (QED) is 0.680. The lowest BCUT2D eigenvalue weighted by molar-refractivity contribution is 0.707. The number of anilines is 1.